The molecule has 1 aliphatic rings. The molecule has 2 aromatic heterocycles. The van der Waals surface area contributed by atoms with Crippen molar-refractivity contribution in [3.63, 3.8) is 0 Å². The van der Waals surface area contributed by atoms with Crippen LogP contribution in [-0.4, -0.2) is 22.1 Å². The van der Waals surface area contributed by atoms with Crippen LogP contribution in [0.5, 0.6) is 0 Å². The third kappa shape index (κ3) is 1.98. The summed E-state index contributed by atoms with van der Waals surface area (Å²) in [5.41, 5.74) is 0.0792. The van der Waals surface area contributed by atoms with Gasteiger partial charge in [-0.3, -0.25) is 14.6 Å². The van der Waals surface area contributed by atoms with Crippen molar-refractivity contribution in [3.8, 4) is 0 Å². The molecule has 7 heteroatoms. The van der Waals surface area contributed by atoms with Crippen molar-refractivity contribution in [1.29, 1.82) is 0 Å². The summed E-state index contributed by atoms with van der Waals surface area (Å²) in [6, 6.07) is 0. The first-order valence-electron chi connectivity index (χ1n) is 6.54. The Morgan fingerprint density at radius 3 is 2.95 bits per heavy atom. The summed E-state index contributed by atoms with van der Waals surface area (Å²) < 4.78 is 5.72. The van der Waals surface area contributed by atoms with Gasteiger partial charge in [-0.2, -0.15) is 0 Å². The molecule has 20 heavy (non-hydrogen) atoms. The largest absolute Gasteiger partial charge is 0.465 e. The van der Waals surface area contributed by atoms with Crippen LogP contribution in [0.4, 0.5) is 0 Å². The van der Waals surface area contributed by atoms with Crippen LogP contribution in [0.3, 0.4) is 0 Å². The monoisotopic (exact) mass is 294 g/mol. The van der Waals surface area contributed by atoms with Gasteiger partial charge in [-0.1, -0.05) is 0 Å². The quantitative estimate of drug-likeness (QED) is 0.849. The van der Waals surface area contributed by atoms with E-state index in [-0.39, 0.29) is 13.2 Å². The molecule has 0 unspecified atom stereocenters. The molecule has 106 valence electrons. The Morgan fingerprint density at radius 1 is 1.40 bits per heavy atom. The lowest BCUT2D eigenvalue weighted by Gasteiger charge is -2.05. The predicted molar refractivity (Wildman–Crippen MR) is 75.4 cm³/mol. The number of H-pyrrole nitrogens is 1. The van der Waals surface area contributed by atoms with E-state index in [2.05, 4.69) is 4.98 Å². The number of aromatic nitrogens is 2. The molecule has 6 nitrogen and oxygen atoms in total. The second-order valence-corrected chi connectivity index (χ2v) is 5.79. The molecule has 0 aromatic carbocycles. The van der Waals surface area contributed by atoms with Crippen molar-refractivity contribution in [2.24, 2.45) is 0 Å². The Balaban J connectivity index is 2.16. The molecule has 0 spiro atoms. The Morgan fingerprint density at radius 2 is 2.20 bits per heavy atom. The van der Waals surface area contributed by atoms with Gasteiger partial charge >= 0.3 is 11.7 Å². The number of rotatable bonds is 3. The van der Waals surface area contributed by atoms with Gasteiger partial charge < -0.3 is 4.74 Å². The molecular weight excluding hydrogens is 280 g/mol. The third-order valence-corrected chi connectivity index (χ3v) is 4.65. The molecule has 1 N–H and O–H groups in total. The number of nitrogens with zero attached hydrogens (tertiary/aromatic N) is 1. The summed E-state index contributed by atoms with van der Waals surface area (Å²) in [6.07, 6.45) is 2.84. The first-order chi connectivity index (χ1) is 9.61. The number of thiophene rings is 1. The number of carbonyl (C=O) groups is 1. The summed E-state index contributed by atoms with van der Waals surface area (Å²) in [6.45, 7) is 1.56. The summed E-state index contributed by atoms with van der Waals surface area (Å²) in [5, 5.41) is 0.561. The maximum Gasteiger partial charge on any atom is 0.329 e. The van der Waals surface area contributed by atoms with E-state index in [1.165, 1.54) is 16.2 Å². The number of ether oxygens (including phenoxy) is 1. The molecular formula is C13H14N2O4S. The highest BCUT2D eigenvalue weighted by atomic mass is 32.1. The van der Waals surface area contributed by atoms with Gasteiger partial charge in [0.2, 0.25) is 0 Å². The lowest BCUT2D eigenvalue weighted by atomic mass is 10.2. The highest BCUT2D eigenvalue weighted by Crippen LogP contribution is 2.33. The first kappa shape index (κ1) is 13.1. The minimum absolute atomic E-state index is 0.224. The Hall–Kier alpha value is -1.89. The van der Waals surface area contributed by atoms with E-state index in [0.29, 0.717) is 10.2 Å². The van der Waals surface area contributed by atoms with Gasteiger partial charge in [0.1, 0.15) is 11.4 Å². The highest BCUT2D eigenvalue weighted by Gasteiger charge is 2.22. The lowest BCUT2D eigenvalue weighted by molar-refractivity contribution is -0.143. The van der Waals surface area contributed by atoms with E-state index in [0.717, 1.165) is 29.4 Å². The average Bonchev–Trinajstić information content (AvgIpc) is 2.94. The van der Waals surface area contributed by atoms with E-state index >= 15 is 0 Å². The highest BCUT2D eigenvalue weighted by molar-refractivity contribution is 7.18. The fraction of sp³-hybridized carbons (Fsp3) is 0.462. The van der Waals surface area contributed by atoms with Crippen LogP contribution in [-0.2, 0) is 28.9 Å². The number of fused-ring (bicyclic) bond motifs is 3. The lowest BCUT2D eigenvalue weighted by Crippen LogP contribution is -2.37. The topological polar surface area (TPSA) is 81.2 Å². The number of aromatic amines is 1. The summed E-state index contributed by atoms with van der Waals surface area (Å²) in [7, 11) is 0. The van der Waals surface area contributed by atoms with Crippen molar-refractivity contribution in [2.45, 2.75) is 32.7 Å². The smallest absolute Gasteiger partial charge is 0.329 e. The van der Waals surface area contributed by atoms with Gasteiger partial charge in [-0.15, -0.1) is 11.3 Å². The molecule has 0 atom stereocenters. The maximum atomic E-state index is 12.5. The third-order valence-electron chi connectivity index (χ3n) is 3.44. The van der Waals surface area contributed by atoms with Crippen LogP contribution in [0.15, 0.2) is 9.59 Å². The molecule has 2 aromatic rings. The fourth-order valence-electron chi connectivity index (χ4n) is 2.59. The van der Waals surface area contributed by atoms with E-state index in [4.69, 9.17) is 4.74 Å². The molecule has 0 saturated carbocycles. The minimum Gasteiger partial charge on any atom is -0.465 e. The molecule has 0 fully saturated rings. The van der Waals surface area contributed by atoms with Gasteiger partial charge in [0.05, 0.1) is 12.0 Å². The number of hydrogen-bond donors (Lipinski definition) is 1. The van der Waals surface area contributed by atoms with Gasteiger partial charge in [-0.25, -0.2) is 9.36 Å². The number of aryl methyl sites for hydroxylation is 2. The SMILES string of the molecule is CCOC(=O)Cn1c(=O)[nH]c2sc3c(c2c1=O)CCC3. The predicted octanol–water partition coefficient (Wildman–Crippen LogP) is 0.803. The van der Waals surface area contributed by atoms with Crippen molar-refractivity contribution in [3.05, 3.63) is 31.3 Å². The van der Waals surface area contributed by atoms with Crippen LogP contribution in [0.1, 0.15) is 23.8 Å². The fourth-order valence-corrected chi connectivity index (χ4v) is 3.86. The Labute approximate surface area is 118 Å². The standard InChI is InChI=1S/C13H14N2O4S/c1-2-19-9(16)6-15-12(17)10-7-4-3-5-8(7)20-11(10)14-13(15)18/h2-6H2,1H3,(H,14,18). The van der Waals surface area contributed by atoms with E-state index in [1.54, 1.807) is 6.92 Å². The van der Waals surface area contributed by atoms with Crippen molar-refractivity contribution in [1.82, 2.24) is 9.55 Å². The molecule has 0 bridgehead atoms. The molecule has 0 saturated heterocycles. The number of nitrogens with one attached hydrogen (secondary N) is 1. The minimum atomic E-state index is -0.577. The normalized spacial score (nSPS) is 13.7. The van der Waals surface area contributed by atoms with Crippen LogP contribution >= 0.6 is 11.3 Å². The van der Waals surface area contributed by atoms with Gasteiger partial charge in [0.25, 0.3) is 5.56 Å². The number of carbonyl (C=O) groups excluding carboxylic acids is 1. The number of hydrogen-bond acceptors (Lipinski definition) is 5. The summed E-state index contributed by atoms with van der Waals surface area (Å²) >= 11 is 1.47. The number of esters is 1. The molecule has 0 amide bonds. The van der Waals surface area contributed by atoms with Gasteiger partial charge in [-0.05, 0) is 31.7 Å². The molecule has 1 aliphatic carbocycles. The zero-order valence-electron chi connectivity index (χ0n) is 11.0. The van der Waals surface area contributed by atoms with Crippen LogP contribution in [0.25, 0.3) is 10.2 Å². The Kier molecular flexibility index (Phi) is 3.21. The second-order valence-electron chi connectivity index (χ2n) is 4.69. The van der Waals surface area contributed by atoms with Crippen LogP contribution < -0.4 is 11.2 Å². The van der Waals surface area contributed by atoms with Crippen molar-refractivity contribution >= 4 is 27.5 Å². The molecule has 2 heterocycles. The zero-order chi connectivity index (χ0) is 14.3. The van der Waals surface area contributed by atoms with E-state index in [9.17, 15) is 14.4 Å². The second kappa shape index (κ2) is 4.90. The van der Waals surface area contributed by atoms with E-state index in [1.807, 2.05) is 0 Å². The summed E-state index contributed by atoms with van der Waals surface area (Å²) in [4.78, 5) is 40.3. The van der Waals surface area contributed by atoms with Crippen LogP contribution in [0.2, 0.25) is 0 Å². The molecule has 3 rings (SSSR count). The van der Waals surface area contributed by atoms with E-state index < -0.39 is 17.2 Å². The summed E-state index contributed by atoms with van der Waals surface area (Å²) in [5.74, 6) is -0.577. The van der Waals surface area contributed by atoms with Crippen molar-refractivity contribution < 1.29 is 9.53 Å². The average molecular weight is 294 g/mol. The Bertz CT molecular complexity index is 799. The zero-order valence-corrected chi connectivity index (χ0v) is 11.8. The first-order valence-corrected chi connectivity index (χ1v) is 7.36. The maximum absolute atomic E-state index is 12.5. The molecule has 0 radical (unpaired) electrons. The van der Waals surface area contributed by atoms with Gasteiger partial charge in [0.15, 0.2) is 0 Å². The van der Waals surface area contributed by atoms with Gasteiger partial charge in [0, 0.05) is 4.88 Å². The molecule has 0 aliphatic heterocycles. The van der Waals surface area contributed by atoms with Crippen LogP contribution in [0, 0.1) is 0 Å². The van der Waals surface area contributed by atoms with Crippen molar-refractivity contribution in [2.75, 3.05) is 6.61 Å².